The van der Waals surface area contributed by atoms with Crippen LogP contribution in [0.15, 0.2) is 59.4 Å². The van der Waals surface area contributed by atoms with Crippen LogP contribution in [0, 0.1) is 6.92 Å². The summed E-state index contributed by atoms with van der Waals surface area (Å²) in [6, 6.07) is 17.9. The van der Waals surface area contributed by atoms with Gasteiger partial charge in [-0.2, -0.15) is 0 Å². The molecule has 0 saturated carbocycles. The van der Waals surface area contributed by atoms with Crippen molar-refractivity contribution in [1.29, 1.82) is 0 Å². The van der Waals surface area contributed by atoms with Gasteiger partial charge in [0.1, 0.15) is 0 Å². The third-order valence-electron chi connectivity index (χ3n) is 3.86. The fourth-order valence-corrected chi connectivity index (χ4v) is 2.68. The van der Waals surface area contributed by atoms with Crippen LogP contribution in [0.2, 0.25) is 0 Å². The normalized spacial score (nSPS) is 11.1. The Labute approximate surface area is 130 Å². The second-order valence-corrected chi connectivity index (χ2v) is 5.90. The molecule has 0 unspecified atom stereocenters. The van der Waals surface area contributed by atoms with E-state index in [2.05, 4.69) is 50.1 Å². The number of nitrogens with zero attached hydrogens (tertiary/aromatic N) is 1. The first-order valence-corrected chi connectivity index (χ1v) is 7.55. The summed E-state index contributed by atoms with van der Waals surface area (Å²) in [5.41, 5.74) is 4.86. The van der Waals surface area contributed by atoms with Crippen molar-refractivity contribution >= 4 is 0 Å². The minimum Gasteiger partial charge on any atom is -0.290 e. The predicted octanol–water partition coefficient (Wildman–Crippen LogP) is 4.26. The van der Waals surface area contributed by atoms with Crippen LogP contribution in [0.3, 0.4) is 0 Å². The largest absolute Gasteiger partial charge is 0.290 e. The summed E-state index contributed by atoms with van der Waals surface area (Å²) in [6.07, 6.45) is 0. The number of rotatable bonds is 3. The second kappa shape index (κ2) is 5.68. The van der Waals surface area contributed by atoms with E-state index in [0.717, 1.165) is 22.5 Å². The minimum absolute atomic E-state index is 0.0248. The van der Waals surface area contributed by atoms with E-state index in [1.165, 1.54) is 5.56 Å². The van der Waals surface area contributed by atoms with E-state index in [1.807, 2.05) is 30.3 Å². The molecule has 1 aromatic heterocycles. The molecule has 0 amide bonds. The molecular formula is C19H20N2O. The van der Waals surface area contributed by atoms with E-state index in [1.54, 1.807) is 4.68 Å². The Hall–Kier alpha value is -2.55. The Kier molecular flexibility index (Phi) is 3.72. The van der Waals surface area contributed by atoms with Crippen LogP contribution in [-0.4, -0.2) is 9.78 Å². The van der Waals surface area contributed by atoms with Gasteiger partial charge in [-0.3, -0.25) is 9.89 Å². The number of aryl methyl sites for hydroxylation is 1. The molecular weight excluding hydrogens is 272 g/mol. The highest BCUT2D eigenvalue weighted by molar-refractivity contribution is 5.64. The topological polar surface area (TPSA) is 37.8 Å². The zero-order chi connectivity index (χ0) is 15.7. The molecule has 0 aliphatic rings. The first kappa shape index (κ1) is 14.4. The number of aromatic nitrogens is 2. The van der Waals surface area contributed by atoms with Crippen molar-refractivity contribution in [2.45, 2.75) is 26.7 Å². The first-order chi connectivity index (χ1) is 10.6. The fourth-order valence-electron chi connectivity index (χ4n) is 2.68. The maximum absolute atomic E-state index is 12.8. The van der Waals surface area contributed by atoms with Gasteiger partial charge in [0.15, 0.2) is 0 Å². The van der Waals surface area contributed by atoms with Gasteiger partial charge in [-0.25, -0.2) is 4.68 Å². The number of aromatic amines is 1. The summed E-state index contributed by atoms with van der Waals surface area (Å²) in [5.74, 6) is 0.157. The van der Waals surface area contributed by atoms with Gasteiger partial charge in [-0.05, 0) is 30.5 Å². The smallest absolute Gasteiger partial charge is 0.275 e. The molecule has 0 spiro atoms. The van der Waals surface area contributed by atoms with Gasteiger partial charge in [-0.1, -0.05) is 61.9 Å². The molecule has 0 radical (unpaired) electrons. The number of nitrogens with one attached hydrogen (secondary N) is 1. The summed E-state index contributed by atoms with van der Waals surface area (Å²) in [4.78, 5) is 12.8. The van der Waals surface area contributed by atoms with Crippen LogP contribution in [0.1, 0.15) is 30.9 Å². The lowest BCUT2D eigenvalue weighted by Crippen LogP contribution is -2.17. The molecule has 0 saturated heterocycles. The van der Waals surface area contributed by atoms with Crippen LogP contribution < -0.4 is 5.56 Å². The summed E-state index contributed by atoms with van der Waals surface area (Å²) in [6.45, 7) is 6.17. The summed E-state index contributed by atoms with van der Waals surface area (Å²) < 4.78 is 1.63. The average Bonchev–Trinajstić information content (AvgIpc) is 2.86. The highest BCUT2D eigenvalue weighted by atomic mass is 16.1. The van der Waals surface area contributed by atoms with Gasteiger partial charge in [-0.15, -0.1) is 0 Å². The van der Waals surface area contributed by atoms with Gasteiger partial charge < -0.3 is 0 Å². The fraction of sp³-hybridized carbons (Fsp3) is 0.211. The zero-order valence-corrected chi connectivity index (χ0v) is 13.1. The third-order valence-corrected chi connectivity index (χ3v) is 3.86. The van der Waals surface area contributed by atoms with E-state index < -0.39 is 0 Å². The maximum atomic E-state index is 12.8. The monoisotopic (exact) mass is 292 g/mol. The van der Waals surface area contributed by atoms with E-state index in [4.69, 9.17) is 0 Å². The molecule has 1 N–H and O–H groups in total. The van der Waals surface area contributed by atoms with Crippen molar-refractivity contribution in [3.05, 3.63) is 76.1 Å². The van der Waals surface area contributed by atoms with Crippen molar-refractivity contribution in [3.63, 3.8) is 0 Å². The van der Waals surface area contributed by atoms with E-state index in [0.29, 0.717) is 0 Å². The molecule has 3 aromatic rings. The Bertz CT molecular complexity index is 824. The lowest BCUT2D eigenvalue weighted by molar-refractivity contribution is 0.825. The lowest BCUT2D eigenvalue weighted by atomic mass is 9.99. The molecule has 0 aliphatic carbocycles. The van der Waals surface area contributed by atoms with Crippen molar-refractivity contribution in [3.8, 4) is 16.9 Å². The Morgan fingerprint density at radius 2 is 1.59 bits per heavy atom. The highest BCUT2D eigenvalue weighted by Gasteiger charge is 2.19. The Morgan fingerprint density at radius 3 is 2.18 bits per heavy atom. The highest BCUT2D eigenvalue weighted by Crippen LogP contribution is 2.26. The zero-order valence-electron chi connectivity index (χ0n) is 13.1. The van der Waals surface area contributed by atoms with Crippen LogP contribution in [0.5, 0.6) is 0 Å². The molecule has 2 aromatic carbocycles. The minimum atomic E-state index is 0.0248. The molecule has 3 nitrogen and oxygen atoms in total. The van der Waals surface area contributed by atoms with Crippen molar-refractivity contribution in [1.82, 2.24) is 9.78 Å². The maximum Gasteiger partial charge on any atom is 0.275 e. The summed E-state index contributed by atoms with van der Waals surface area (Å²) in [5, 5.41) is 3.29. The number of hydrogen-bond acceptors (Lipinski definition) is 1. The number of H-pyrrole nitrogens is 1. The predicted molar refractivity (Wildman–Crippen MR) is 90.7 cm³/mol. The quantitative estimate of drug-likeness (QED) is 0.769. The second-order valence-electron chi connectivity index (χ2n) is 5.90. The van der Waals surface area contributed by atoms with Gasteiger partial charge in [0.05, 0.1) is 11.4 Å². The first-order valence-electron chi connectivity index (χ1n) is 7.55. The van der Waals surface area contributed by atoms with Crippen LogP contribution in [-0.2, 0) is 0 Å². The molecule has 0 atom stereocenters. The number of hydrogen-bond donors (Lipinski definition) is 1. The average molecular weight is 292 g/mol. The molecule has 3 rings (SSSR count). The van der Waals surface area contributed by atoms with E-state index in [-0.39, 0.29) is 11.5 Å². The van der Waals surface area contributed by atoms with Gasteiger partial charge >= 0.3 is 0 Å². The molecule has 22 heavy (non-hydrogen) atoms. The summed E-state index contributed by atoms with van der Waals surface area (Å²) >= 11 is 0. The molecule has 112 valence electrons. The van der Waals surface area contributed by atoms with Gasteiger partial charge in [0, 0.05) is 5.56 Å². The molecule has 0 bridgehead atoms. The van der Waals surface area contributed by atoms with Crippen molar-refractivity contribution in [2.24, 2.45) is 0 Å². The Morgan fingerprint density at radius 1 is 0.955 bits per heavy atom. The molecule has 1 heterocycles. The van der Waals surface area contributed by atoms with Crippen LogP contribution in [0.25, 0.3) is 16.9 Å². The SMILES string of the molecule is Cc1ccc(-c2[nH]n(-c3ccccc3)c(=O)c2C(C)C)cc1. The van der Waals surface area contributed by atoms with Crippen molar-refractivity contribution < 1.29 is 0 Å². The Balaban J connectivity index is 2.22. The number of benzene rings is 2. The van der Waals surface area contributed by atoms with Crippen LogP contribution >= 0.6 is 0 Å². The van der Waals surface area contributed by atoms with Gasteiger partial charge in [0.2, 0.25) is 0 Å². The number of para-hydroxylation sites is 1. The molecule has 0 aliphatic heterocycles. The van der Waals surface area contributed by atoms with Gasteiger partial charge in [0.25, 0.3) is 5.56 Å². The molecule has 0 fully saturated rings. The van der Waals surface area contributed by atoms with E-state index in [9.17, 15) is 4.79 Å². The van der Waals surface area contributed by atoms with Crippen molar-refractivity contribution in [2.75, 3.05) is 0 Å². The van der Waals surface area contributed by atoms with E-state index >= 15 is 0 Å². The van der Waals surface area contributed by atoms with Crippen LogP contribution in [0.4, 0.5) is 0 Å². The third kappa shape index (κ3) is 2.50. The summed E-state index contributed by atoms with van der Waals surface area (Å²) in [7, 11) is 0. The lowest BCUT2D eigenvalue weighted by Gasteiger charge is -2.05. The molecule has 3 heteroatoms. The standard InChI is InChI=1S/C19H20N2O/c1-13(2)17-18(15-11-9-14(3)10-12-15)20-21(19(17)22)16-7-5-4-6-8-16/h4-13,20H,1-3H3.